The maximum atomic E-state index is 13.1. The Balaban J connectivity index is 1.84. The summed E-state index contributed by atoms with van der Waals surface area (Å²) in [5, 5.41) is 8.21. The third kappa shape index (κ3) is 4.34. The lowest BCUT2D eigenvalue weighted by Crippen LogP contribution is -2.42. The summed E-state index contributed by atoms with van der Waals surface area (Å²) in [6.45, 7) is 2.57. The first-order valence-electron chi connectivity index (χ1n) is 9.36. The number of thiophene rings is 1. The molecule has 150 valence electrons. The summed E-state index contributed by atoms with van der Waals surface area (Å²) in [6, 6.07) is 7.80. The fraction of sp³-hybridized carbons (Fsp3) is 0.450. The second-order valence-electron chi connectivity index (χ2n) is 6.69. The SMILES string of the molecule is CCC(=O)N(CCOC)CC(=O)N1N=C(c2cccs2)CC1c1cccn1C. The third-order valence-electron chi connectivity index (χ3n) is 4.84. The lowest BCUT2D eigenvalue weighted by molar-refractivity contribution is -0.142. The number of methoxy groups -OCH3 is 1. The molecule has 3 rings (SSSR count). The van der Waals surface area contributed by atoms with Crippen molar-refractivity contribution in [2.75, 3.05) is 26.8 Å². The van der Waals surface area contributed by atoms with E-state index in [1.807, 2.05) is 47.5 Å². The van der Waals surface area contributed by atoms with Crippen molar-refractivity contribution in [2.45, 2.75) is 25.8 Å². The van der Waals surface area contributed by atoms with Crippen molar-refractivity contribution in [2.24, 2.45) is 12.1 Å². The molecule has 0 aliphatic carbocycles. The van der Waals surface area contributed by atoms with Gasteiger partial charge in [0.15, 0.2) is 0 Å². The molecule has 7 nitrogen and oxygen atoms in total. The molecule has 0 bridgehead atoms. The Hall–Kier alpha value is -2.45. The molecule has 2 amide bonds. The van der Waals surface area contributed by atoms with Crippen LogP contribution in [0.1, 0.15) is 36.4 Å². The molecule has 0 radical (unpaired) electrons. The van der Waals surface area contributed by atoms with Crippen LogP contribution in [0.25, 0.3) is 0 Å². The minimum absolute atomic E-state index is 0.00181. The minimum atomic E-state index is -0.185. The van der Waals surface area contributed by atoms with Crippen molar-refractivity contribution >= 4 is 28.9 Å². The first-order chi connectivity index (χ1) is 13.5. The number of hydrogen-bond acceptors (Lipinski definition) is 5. The van der Waals surface area contributed by atoms with Gasteiger partial charge in [-0.1, -0.05) is 13.0 Å². The molecule has 0 N–H and O–H groups in total. The van der Waals surface area contributed by atoms with Gasteiger partial charge in [-0.15, -0.1) is 11.3 Å². The van der Waals surface area contributed by atoms with E-state index in [1.54, 1.807) is 35.3 Å². The topological polar surface area (TPSA) is 67.1 Å². The number of amides is 2. The molecule has 28 heavy (non-hydrogen) atoms. The number of carbonyl (C=O) groups excluding carboxylic acids is 2. The van der Waals surface area contributed by atoms with E-state index in [9.17, 15) is 9.59 Å². The molecule has 2 aromatic heterocycles. The van der Waals surface area contributed by atoms with E-state index in [-0.39, 0.29) is 24.4 Å². The van der Waals surface area contributed by atoms with Crippen LogP contribution in [0.4, 0.5) is 0 Å². The zero-order valence-electron chi connectivity index (χ0n) is 16.5. The van der Waals surface area contributed by atoms with Crippen molar-refractivity contribution in [1.29, 1.82) is 0 Å². The summed E-state index contributed by atoms with van der Waals surface area (Å²) in [5.41, 5.74) is 1.92. The Labute approximate surface area is 169 Å². The van der Waals surface area contributed by atoms with E-state index in [0.717, 1.165) is 16.3 Å². The Bertz CT molecular complexity index is 844. The van der Waals surface area contributed by atoms with Gasteiger partial charge in [-0.3, -0.25) is 9.59 Å². The third-order valence-corrected chi connectivity index (χ3v) is 5.76. The van der Waals surface area contributed by atoms with Crippen molar-refractivity contribution in [1.82, 2.24) is 14.5 Å². The zero-order chi connectivity index (χ0) is 20.1. The van der Waals surface area contributed by atoms with Crippen molar-refractivity contribution in [3.05, 3.63) is 46.4 Å². The highest BCUT2D eigenvalue weighted by atomic mass is 32.1. The molecule has 8 heteroatoms. The van der Waals surface area contributed by atoms with Crippen molar-refractivity contribution in [3.63, 3.8) is 0 Å². The van der Waals surface area contributed by atoms with Crippen LogP contribution in [0.2, 0.25) is 0 Å². The van der Waals surface area contributed by atoms with Crippen LogP contribution in [-0.4, -0.2) is 58.8 Å². The summed E-state index contributed by atoms with van der Waals surface area (Å²) >= 11 is 1.61. The highest BCUT2D eigenvalue weighted by Gasteiger charge is 2.35. The van der Waals surface area contributed by atoms with E-state index in [0.29, 0.717) is 26.0 Å². The number of aryl methyl sites for hydroxylation is 1. The van der Waals surface area contributed by atoms with Gasteiger partial charge in [-0.25, -0.2) is 5.01 Å². The molecule has 0 spiro atoms. The zero-order valence-corrected chi connectivity index (χ0v) is 17.3. The van der Waals surface area contributed by atoms with Crippen LogP contribution >= 0.6 is 11.3 Å². The Morgan fingerprint density at radius 3 is 2.79 bits per heavy atom. The smallest absolute Gasteiger partial charge is 0.262 e. The molecular formula is C20H26N4O3S. The summed E-state index contributed by atoms with van der Waals surface area (Å²) in [6.07, 6.45) is 2.97. The molecule has 3 heterocycles. The van der Waals surface area contributed by atoms with E-state index < -0.39 is 0 Å². The highest BCUT2D eigenvalue weighted by molar-refractivity contribution is 7.12. The van der Waals surface area contributed by atoms with E-state index >= 15 is 0 Å². The normalized spacial score (nSPS) is 16.3. The van der Waals surface area contributed by atoms with Gasteiger partial charge < -0.3 is 14.2 Å². The molecule has 0 fully saturated rings. The Morgan fingerprint density at radius 1 is 1.36 bits per heavy atom. The monoisotopic (exact) mass is 402 g/mol. The van der Waals surface area contributed by atoms with Crippen LogP contribution in [-0.2, 0) is 21.4 Å². The number of hydrazone groups is 1. The molecular weight excluding hydrogens is 376 g/mol. The highest BCUT2D eigenvalue weighted by Crippen LogP contribution is 2.33. The van der Waals surface area contributed by atoms with Crippen LogP contribution in [0.3, 0.4) is 0 Å². The van der Waals surface area contributed by atoms with Crippen LogP contribution < -0.4 is 0 Å². The number of nitrogens with zero attached hydrogens (tertiary/aromatic N) is 4. The summed E-state index contributed by atoms with van der Waals surface area (Å²) in [7, 11) is 3.55. The average molecular weight is 403 g/mol. The number of hydrogen-bond donors (Lipinski definition) is 0. The largest absolute Gasteiger partial charge is 0.383 e. The van der Waals surface area contributed by atoms with Gasteiger partial charge in [-0.2, -0.15) is 5.10 Å². The van der Waals surface area contributed by atoms with Crippen molar-refractivity contribution < 1.29 is 14.3 Å². The molecule has 2 aromatic rings. The average Bonchev–Trinajstić information content (AvgIpc) is 3.43. The van der Waals surface area contributed by atoms with Crippen LogP contribution in [0, 0.1) is 0 Å². The van der Waals surface area contributed by atoms with Gasteiger partial charge in [-0.05, 0) is 23.6 Å². The predicted octanol–water partition coefficient (Wildman–Crippen LogP) is 2.65. The first-order valence-corrected chi connectivity index (χ1v) is 10.2. The number of rotatable bonds is 8. The first kappa shape index (κ1) is 20.3. The molecule has 1 aliphatic heterocycles. The van der Waals surface area contributed by atoms with Gasteiger partial charge >= 0.3 is 0 Å². The number of carbonyl (C=O) groups is 2. The summed E-state index contributed by atoms with van der Waals surface area (Å²) < 4.78 is 7.10. The second kappa shape index (κ2) is 9.16. The van der Waals surface area contributed by atoms with E-state index in [1.165, 1.54) is 0 Å². The van der Waals surface area contributed by atoms with E-state index in [2.05, 4.69) is 5.10 Å². The standard InChI is InChI=1S/C20H26N4O3S/c1-4-19(25)23(10-11-27-3)14-20(26)24-17(16-7-5-9-22(16)2)13-15(21-24)18-8-6-12-28-18/h5-9,12,17H,4,10-11,13-14H2,1-3H3. The molecule has 0 saturated carbocycles. The molecule has 0 aromatic carbocycles. The summed E-state index contributed by atoms with van der Waals surface area (Å²) in [4.78, 5) is 28.0. The maximum Gasteiger partial charge on any atom is 0.262 e. The summed E-state index contributed by atoms with van der Waals surface area (Å²) in [5.74, 6) is -0.252. The van der Waals surface area contributed by atoms with Crippen LogP contribution in [0.15, 0.2) is 40.9 Å². The molecule has 1 unspecified atom stereocenters. The maximum absolute atomic E-state index is 13.1. The predicted molar refractivity (Wildman–Crippen MR) is 109 cm³/mol. The van der Waals surface area contributed by atoms with Gasteiger partial charge in [0.1, 0.15) is 12.6 Å². The molecule has 1 atom stereocenters. The lowest BCUT2D eigenvalue weighted by Gasteiger charge is -2.26. The fourth-order valence-corrected chi connectivity index (χ4v) is 4.06. The van der Waals surface area contributed by atoms with Gasteiger partial charge in [0, 0.05) is 45.4 Å². The van der Waals surface area contributed by atoms with Gasteiger partial charge in [0.2, 0.25) is 5.91 Å². The minimum Gasteiger partial charge on any atom is -0.383 e. The Morgan fingerprint density at radius 2 is 2.18 bits per heavy atom. The number of aromatic nitrogens is 1. The number of ether oxygens (including phenoxy) is 1. The van der Waals surface area contributed by atoms with E-state index in [4.69, 9.17) is 4.74 Å². The molecule has 0 saturated heterocycles. The second-order valence-corrected chi connectivity index (χ2v) is 7.64. The van der Waals surface area contributed by atoms with Crippen LogP contribution in [0.5, 0.6) is 0 Å². The van der Waals surface area contributed by atoms with Gasteiger partial charge in [0.05, 0.1) is 17.2 Å². The lowest BCUT2D eigenvalue weighted by atomic mass is 10.1. The quantitative estimate of drug-likeness (QED) is 0.682. The molecule has 1 aliphatic rings. The fourth-order valence-electron chi connectivity index (χ4n) is 3.34. The van der Waals surface area contributed by atoms with Crippen molar-refractivity contribution in [3.8, 4) is 0 Å². The van der Waals surface area contributed by atoms with Gasteiger partial charge in [0.25, 0.3) is 5.91 Å². The Kier molecular flexibility index (Phi) is 6.64.